The smallest absolute Gasteiger partial charge is 0.119 e. The molecule has 5 heteroatoms. The number of nitrogens with zero attached hydrogens (tertiary/aromatic N) is 1. The van der Waals surface area contributed by atoms with Crippen LogP contribution in [0, 0.1) is 0 Å². The van der Waals surface area contributed by atoms with Gasteiger partial charge in [-0.15, -0.1) is 0 Å². The minimum absolute atomic E-state index is 0.720. The Morgan fingerprint density at radius 2 is 2.38 bits per heavy atom. The molecule has 2 aromatic rings. The lowest BCUT2D eigenvalue weighted by Gasteiger charge is -2.08. The highest BCUT2D eigenvalue weighted by molar-refractivity contribution is 9.10. The van der Waals surface area contributed by atoms with E-state index >= 15 is 0 Å². The Labute approximate surface area is 102 Å². The number of rotatable bonds is 4. The SMILES string of the molecule is COc1ccc(Br)c(CNc2cn[nH]c2)c1. The predicted molar refractivity (Wildman–Crippen MR) is 66.6 cm³/mol. The number of aromatic nitrogens is 2. The summed E-state index contributed by atoms with van der Waals surface area (Å²) in [6.07, 6.45) is 3.56. The zero-order valence-electron chi connectivity index (χ0n) is 8.83. The van der Waals surface area contributed by atoms with Gasteiger partial charge in [-0.05, 0) is 23.8 Å². The van der Waals surface area contributed by atoms with Crippen LogP contribution < -0.4 is 10.1 Å². The minimum atomic E-state index is 0.720. The zero-order valence-corrected chi connectivity index (χ0v) is 10.4. The van der Waals surface area contributed by atoms with Crippen molar-refractivity contribution in [3.05, 3.63) is 40.6 Å². The van der Waals surface area contributed by atoms with Crippen molar-refractivity contribution < 1.29 is 4.74 Å². The first-order chi connectivity index (χ1) is 7.79. The molecule has 0 fully saturated rings. The highest BCUT2D eigenvalue weighted by Gasteiger charge is 2.02. The summed E-state index contributed by atoms with van der Waals surface area (Å²) in [6, 6.07) is 5.90. The average molecular weight is 282 g/mol. The highest BCUT2D eigenvalue weighted by Crippen LogP contribution is 2.23. The van der Waals surface area contributed by atoms with Crippen LogP contribution >= 0.6 is 15.9 Å². The lowest BCUT2D eigenvalue weighted by molar-refractivity contribution is 0.414. The molecule has 2 rings (SSSR count). The molecule has 1 heterocycles. The Kier molecular flexibility index (Phi) is 3.46. The van der Waals surface area contributed by atoms with E-state index in [1.807, 2.05) is 24.4 Å². The summed E-state index contributed by atoms with van der Waals surface area (Å²) in [5, 5.41) is 9.87. The van der Waals surface area contributed by atoms with Crippen molar-refractivity contribution in [2.24, 2.45) is 0 Å². The lowest BCUT2D eigenvalue weighted by atomic mass is 10.2. The first-order valence-electron chi connectivity index (χ1n) is 4.84. The van der Waals surface area contributed by atoms with Crippen molar-refractivity contribution in [2.75, 3.05) is 12.4 Å². The third-order valence-corrected chi connectivity index (χ3v) is 3.01. The number of aromatic amines is 1. The van der Waals surface area contributed by atoms with Gasteiger partial charge in [-0.25, -0.2) is 0 Å². The summed E-state index contributed by atoms with van der Waals surface area (Å²) in [6.45, 7) is 0.720. The molecule has 0 saturated heterocycles. The Bertz CT molecular complexity index is 456. The number of ether oxygens (including phenoxy) is 1. The number of H-pyrrole nitrogens is 1. The van der Waals surface area contributed by atoms with Gasteiger partial charge in [0.15, 0.2) is 0 Å². The van der Waals surface area contributed by atoms with E-state index in [4.69, 9.17) is 4.74 Å². The lowest BCUT2D eigenvalue weighted by Crippen LogP contribution is -1.99. The molecule has 0 unspecified atom stereocenters. The van der Waals surface area contributed by atoms with Crippen LogP contribution in [0.3, 0.4) is 0 Å². The fraction of sp³-hybridized carbons (Fsp3) is 0.182. The number of nitrogens with one attached hydrogen (secondary N) is 2. The second-order valence-corrected chi connectivity index (χ2v) is 4.15. The van der Waals surface area contributed by atoms with Crippen LogP contribution in [-0.4, -0.2) is 17.3 Å². The van der Waals surface area contributed by atoms with E-state index in [9.17, 15) is 0 Å². The molecular weight excluding hydrogens is 270 g/mol. The van der Waals surface area contributed by atoms with Crippen LogP contribution in [0.4, 0.5) is 5.69 Å². The predicted octanol–water partition coefficient (Wildman–Crippen LogP) is 2.79. The van der Waals surface area contributed by atoms with E-state index in [1.54, 1.807) is 13.3 Å². The van der Waals surface area contributed by atoms with Gasteiger partial charge in [-0.1, -0.05) is 15.9 Å². The van der Waals surface area contributed by atoms with E-state index in [1.165, 1.54) is 0 Å². The number of hydrogen-bond donors (Lipinski definition) is 2. The molecule has 4 nitrogen and oxygen atoms in total. The molecule has 0 aliphatic carbocycles. The van der Waals surface area contributed by atoms with Crippen molar-refractivity contribution in [3.8, 4) is 5.75 Å². The third kappa shape index (κ3) is 2.55. The number of hydrogen-bond acceptors (Lipinski definition) is 3. The normalized spacial score (nSPS) is 10.1. The van der Waals surface area contributed by atoms with Crippen LogP contribution in [0.25, 0.3) is 0 Å². The molecule has 0 radical (unpaired) electrons. The molecule has 0 aliphatic heterocycles. The van der Waals surface area contributed by atoms with Crippen LogP contribution in [0.5, 0.6) is 5.75 Å². The molecule has 0 atom stereocenters. The third-order valence-electron chi connectivity index (χ3n) is 2.23. The second-order valence-electron chi connectivity index (χ2n) is 3.30. The summed E-state index contributed by atoms with van der Waals surface area (Å²) in [5.74, 6) is 0.854. The van der Waals surface area contributed by atoms with E-state index in [0.29, 0.717) is 0 Å². The standard InChI is InChI=1S/C11H12BrN3O/c1-16-10-2-3-11(12)8(4-10)5-13-9-6-14-15-7-9/h2-4,6-7,13H,5H2,1H3,(H,14,15). The molecule has 84 valence electrons. The Morgan fingerprint density at radius 3 is 3.06 bits per heavy atom. The van der Waals surface area contributed by atoms with E-state index in [-0.39, 0.29) is 0 Å². The maximum absolute atomic E-state index is 5.18. The van der Waals surface area contributed by atoms with Crippen molar-refractivity contribution in [3.63, 3.8) is 0 Å². The van der Waals surface area contributed by atoms with Crippen molar-refractivity contribution >= 4 is 21.6 Å². The summed E-state index contributed by atoms with van der Waals surface area (Å²) >= 11 is 3.50. The van der Waals surface area contributed by atoms with Crippen molar-refractivity contribution in [1.82, 2.24) is 10.2 Å². The number of methoxy groups -OCH3 is 1. The maximum Gasteiger partial charge on any atom is 0.119 e. The van der Waals surface area contributed by atoms with Gasteiger partial charge in [0.1, 0.15) is 5.75 Å². The van der Waals surface area contributed by atoms with E-state index in [2.05, 4.69) is 31.4 Å². The molecule has 0 bridgehead atoms. The largest absolute Gasteiger partial charge is 0.497 e. The highest BCUT2D eigenvalue weighted by atomic mass is 79.9. The number of benzene rings is 1. The van der Waals surface area contributed by atoms with E-state index in [0.717, 1.165) is 28.0 Å². The molecule has 0 saturated carbocycles. The van der Waals surface area contributed by atoms with Crippen LogP contribution in [0.15, 0.2) is 35.1 Å². The van der Waals surface area contributed by atoms with Crippen molar-refractivity contribution in [1.29, 1.82) is 0 Å². The molecule has 0 aliphatic rings. The first kappa shape index (κ1) is 11.0. The summed E-state index contributed by atoms with van der Waals surface area (Å²) in [7, 11) is 1.66. The van der Waals surface area contributed by atoms with Gasteiger partial charge in [0.2, 0.25) is 0 Å². The molecular formula is C11H12BrN3O. The molecule has 0 spiro atoms. The monoisotopic (exact) mass is 281 g/mol. The van der Waals surface area contributed by atoms with Gasteiger partial charge in [0, 0.05) is 17.2 Å². The Morgan fingerprint density at radius 1 is 1.50 bits per heavy atom. The van der Waals surface area contributed by atoms with Gasteiger partial charge >= 0.3 is 0 Å². The zero-order chi connectivity index (χ0) is 11.4. The van der Waals surface area contributed by atoms with Gasteiger partial charge in [-0.2, -0.15) is 5.10 Å². The van der Waals surface area contributed by atoms with Crippen LogP contribution in [0.1, 0.15) is 5.56 Å². The fourth-order valence-corrected chi connectivity index (χ4v) is 1.75. The number of anilines is 1. The van der Waals surface area contributed by atoms with Gasteiger partial charge in [0.25, 0.3) is 0 Å². The minimum Gasteiger partial charge on any atom is -0.497 e. The number of halogens is 1. The van der Waals surface area contributed by atoms with Gasteiger partial charge in [-0.3, -0.25) is 5.10 Å². The molecule has 16 heavy (non-hydrogen) atoms. The van der Waals surface area contributed by atoms with Crippen LogP contribution in [-0.2, 0) is 6.54 Å². The molecule has 2 N–H and O–H groups in total. The fourth-order valence-electron chi connectivity index (χ4n) is 1.36. The van der Waals surface area contributed by atoms with Crippen molar-refractivity contribution in [2.45, 2.75) is 6.54 Å². The summed E-state index contributed by atoms with van der Waals surface area (Å²) < 4.78 is 6.24. The average Bonchev–Trinajstić information content (AvgIpc) is 2.81. The Balaban J connectivity index is 2.08. The first-order valence-corrected chi connectivity index (χ1v) is 5.64. The van der Waals surface area contributed by atoms with Crippen LogP contribution in [0.2, 0.25) is 0 Å². The van der Waals surface area contributed by atoms with Gasteiger partial charge < -0.3 is 10.1 Å². The van der Waals surface area contributed by atoms with Gasteiger partial charge in [0.05, 0.1) is 19.0 Å². The summed E-state index contributed by atoms with van der Waals surface area (Å²) in [5.41, 5.74) is 2.11. The van der Waals surface area contributed by atoms with E-state index < -0.39 is 0 Å². The second kappa shape index (κ2) is 5.03. The molecule has 1 aromatic carbocycles. The topological polar surface area (TPSA) is 49.9 Å². The molecule has 0 amide bonds. The summed E-state index contributed by atoms with van der Waals surface area (Å²) in [4.78, 5) is 0. The Hall–Kier alpha value is -1.49. The maximum atomic E-state index is 5.18. The quantitative estimate of drug-likeness (QED) is 0.906. The molecule has 1 aromatic heterocycles.